The lowest BCUT2D eigenvalue weighted by atomic mass is 10.1. The van der Waals surface area contributed by atoms with Crippen molar-refractivity contribution in [2.75, 3.05) is 13.1 Å². The quantitative estimate of drug-likeness (QED) is 0.580. The zero-order chi connectivity index (χ0) is 20.2. The molecule has 150 valence electrons. The molecule has 4 rings (SSSR count). The first-order valence-electron chi connectivity index (χ1n) is 10.1. The summed E-state index contributed by atoms with van der Waals surface area (Å²) in [4.78, 5) is 15.4. The number of aromatic nitrogens is 3. The lowest BCUT2D eigenvalue weighted by Crippen LogP contribution is -2.38. The standard InChI is InChI=1S/C23H26N4OS/c1-17-11-13-19(14-12-17)21-24-25-23(26(21)2)29-20(18-9-5-3-6-10-18)22(28)27-15-7-4-8-16-27/h3,5-6,9-14,20H,4,7-8,15-16H2,1-2H3. The third-order valence-corrected chi connectivity index (χ3v) is 6.64. The summed E-state index contributed by atoms with van der Waals surface area (Å²) in [6, 6.07) is 18.3. The van der Waals surface area contributed by atoms with Crippen molar-refractivity contribution in [2.24, 2.45) is 7.05 Å². The minimum atomic E-state index is -0.317. The van der Waals surface area contributed by atoms with Crippen LogP contribution in [0.15, 0.2) is 59.8 Å². The van der Waals surface area contributed by atoms with Crippen LogP contribution in [-0.4, -0.2) is 38.7 Å². The number of piperidine rings is 1. The van der Waals surface area contributed by atoms with Gasteiger partial charge in [0.2, 0.25) is 5.91 Å². The Hall–Kier alpha value is -2.60. The Labute approximate surface area is 176 Å². The van der Waals surface area contributed by atoms with E-state index in [0.29, 0.717) is 0 Å². The molecular weight excluding hydrogens is 380 g/mol. The molecule has 1 unspecified atom stereocenters. The van der Waals surface area contributed by atoms with E-state index < -0.39 is 0 Å². The summed E-state index contributed by atoms with van der Waals surface area (Å²) in [5, 5.41) is 9.25. The molecule has 0 aliphatic carbocycles. The van der Waals surface area contributed by atoms with Crippen LogP contribution in [0.2, 0.25) is 0 Å². The van der Waals surface area contributed by atoms with E-state index in [0.717, 1.165) is 48.0 Å². The molecule has 1 aliphatic heterocycles. The first-order valence-corrected chi connectivity index (χ1v) is 11.0. The zero-order valence-corrected chi connectivity index (χ0v) is 17.7. The minimum Gasteiger partial charge on any atom is -0.341 e. The van der Waals surface area contributed by atoms with Crippen molar-refractivity contribution in [3.05, 3.63) is 65.7 Å². The smallest absolute Gasteiger partial charge is 0.240 e. The second kappa shape index (κ2) is 8.82. The van der Waals surface area contributed by atoms with Gasteiger partial charge < -0.3 is 9.47 Å². The molecule has 2 heterocycles. The van der Waals surface area contributed by atoms with Crippen molar-refractivity contribution in [1.82, 2.24) is 19.7 Å². The lowest BCUT2D eigenvalue weighted by molar-refractivity contribution is -0.131. The van der Waals surface area contributed by atoms with Crippen LogP contribution in [0.25, 0.3) is 11.4 Å². The van der Waals surface area contributed by atoms with E-state index in [4.69, 9.17) is 0 Å². The summed E-state index contributed by atoms with van der Waals surface area (Å²) in [6.45, 7) is 3.75. The number of aryl methyl sites for hydroxylation is 1. The molecule has 3 aromatic rings. The van der Waals surface area contributed by atoms with E-state index in [1.54, 1.807) is 0 Å². The highest BCUT2D eigenvalue weighted by Crippen LogP contribution is 2.37. The largest absolute Gasteiger partial charge is 0.341 e. The Kier molecular flexibility index (Phi) is 6.00. The van der Waals surface area contributed by atoms with E-state index in [2.05, 4.69) is 41.4 Å². The maximum Gasteiger partial charge on any atom is 0.240 e. The Morgan fingerprint density at radius 3 is 2.34 bits per heavy atom. The third-order valence-electron chi connectivity index (χ3n) is 5.36. The SMILES string of the molecule is Cc1ccc(-c2nnc(SC(C(=O)N3CCCCC3)c3ccccc3)n2C)cc1. The van der Waals surface area contributed by atoms with Crippen LogP contribution >= 0.6 is 11.8 Å². The van der Waals surface area contributed by atoms with Gasteiger partial charge in [-0.1, -0.05) is 71.9 Å². The normalized spacial score (nSPS) is 15.3. The number of carbonyl (C=O) groups is 1. The Balaban J connectivity index is 1.62. The molecule has 1 aliphatic rings. The van der Waals surface area contributed by atoms with Crippen LogP contribution < -0.4 is 0 Å². The van der Waals surface area contributed by atoms with Crippen molar-refractivity contribution in [1.29, 1.82) is 0 Å². The predicted molar refractivity (Wildman–Crippen MR) is 117 cm³/mol. The van der Waals surface area contributed by atoms with Crippen LogP contribution in [-0.2, 0) is 11.8 Å². The first-order chi connectivity index (χ1) is 14.1. The van der Waals surface area contributed by atoms with Gasteiger partial charge in [-0.3, -0.25) is 4.79 Å². The van der Waals surface area contributed by atoms with Crippen molar-refractivity contribution in [2.45, 2.75) is 36.6 Å². The minimum absolute atomic E-state index is 0.167. The summed E-state index contributed by atoms with van der Waals surface area (Å²) in [7, 11) is 1.96. The number of thioether (sulfide) groups is 1. The van der Waals surface area contributed by atoms with Gasteiger partial charge in [-0.25, -0.2) is 0 Å². The van der Waals surface area contributed by atoms with Crippen molar-refractivity contribution < 1.29 is 4.79 Å². The van der Waals surface area contributed by atoms with E-state index in [1.807, 2.05) is 46.8 Å². The zero-order valence-electron chi connectivity index (χ0n) is 16.9. The molecule has 1 saturated heterocycles. The van der Waals surface area contributed by atoms with E-state index in [1.165, 1.54) is 23.7 Å². The molecule has 1 atom stereocenters. The highest BCUT2D eigenvalue weighted by molar-refractivity contribution is 8.00. The number of rotatable bonds is 5. The van der Waals surface area contributed by atoms with Gasteiger partial charge in [-0.05, 0) is 31.7 Å². The Morgan fingerprint density at radius 2 is 1.66 bits per heavy atom. The maximum absolute atomic E-state index is 13.4. The van der Waals surface area contributed by atoms with Gasteiger partial charge in [0.05, 0.1) is 0 Å². The van der Waals surface area contributed by atoms with Crippen molar-refractivity contribution in [3.63, 3.8) is 0 Å². The number of hydrogen-bond acceptors (Lipinski definition) is 4. The number of amides is 1. The molecule has 29 heavy (non-hydrogen) atoms. The van der Waals surface area contributed by atoms with Gasteiger partial charge in [-0.2, -0.15) is 0 Å². The molecule has 1 fully saturated rings. The monoisotopic (exact) mass is 406 g/mol. The average Bonchev–Trinajstić information content (AvgIpc) is 3.13. The summed E-state index contributed by atoms with van der Waals surface area (Å²) < 4.78 is 1.98. The summed E-state index contributed by atoms with van der Waals surface area (Å²) >= 11 is 1.49. The molecule has 6 heteroatoms. The molecule has 0 radical (unpaired) electrons. The number of nitrogens with zero attached hydrogens (tertiary/aromatic N) is 4. The number of carbonyl (C=O) groups excluding carboxylic acids is 1. The first kappa shape index (κ1) is 19.7. The average molecular weight is 407 g/mol. The van der Waals surface area contributed by atoms with Crippen LogP contribution in [0.3, 0.4) is 0 Å². The van der Waals surface area contributed by atoms with E-state index >= 15 is 0 Å². The second-order valence-electron chi connectivity index (χ2n) is 7.53. The van der Waals surface area contributed by atoms with Gasteiger partial charge in [-0.15, -0.1) is 10.2 Å². The fourth-order valence-corrected chi connectivity index (χ4v) is 4.73. The number of benzene rings is 2. The fraction of sp³-hybridized carbons (Fsp3) is 0.348. The molecular formula is C23H26N4OS. The van der Waals surface area contributed by atoms with E-state index in [9.17, 15) is 4.79 Å². The summed E-state index contributed by atoms with van der Waals surface area (Å²) in [6.07, 6.45) is 3.37. The van der Waals surface area contributed by atoms with Crippen LogP contribution in [0.1, 0.15) is 35.6 Å². The fourth-order valence-electron chi connectivity index (χ4n) is 3.65. The van der Waals surface area contributed by atoms with Crippen LogP contribution in [0.5, 0.6) is 0 Å². The van der Waals surface area contributed by atoms with Crippen LogP contribution in [0, 0.1) is 6.92 Å². The molecule has 0 bridgehead atoms. The van der Waals surface area contributed by atoms with Gasteiger partial charge in [0, 0.05) is 25.7 Å². The van der Waals surface area contributed by atoms with Crippen molar-refractivity contribution in [3.8, 4) is 11.4 Å². The Morgan fingerprint density at radius 1 is 0.966 bits per heavy atom. The summed E-state index contributed by atoms with van der Waals surface area (Å²) in [5.74, 6) is 0.977. The molecule has 0 N–H and O–H groups in total. The number of likely N-dealkylation sites (tertiary alicyclic amines) is 1. The lowest BCUT2D eigenvalue weighted by Gasteiger charge is -2.30. The molecule has 2 aromatic carbocycles. The molecule has 0 spiro atoms. The third kappa shape index (κ3) is 4.37. The summed E-state index contributed by atoms with van der Waals surface area (Å²) in [5.41, 5.74) is 3.24. The molecule has 1 amide bonds. The van der Waals surface area contributed by atoms with Gasteiger partial charge >= 0.3 is 0 Å². The van der Waals surface area contributed by atoms with Crippen LogP contribution in [0.4, 0.5) is 0 Å². The topological polar surface area (TPSA) is 51.0 Å². The predicted octanol–water partition coefficient (Wildman–Crippen LogP) is 4.64. The van der Waals surface area contributed by atoms with Crippen molar-refractivity contribution >= 4 is 17.7 Å². The van der Waals surface area contributed by atoms with Gasteiger partial charge in [0.1, 0.15) is 5.25 Å². The maximum atomic E-state index is 13.4. The molecule has 5 nitrogen and oxygen atoms in total. The van der Waals surface area contributed by atoms with E-state index in [-0.39, 0.29) is 11.2 Å². The highest BCUT2D eigenvalue weighted by Gasteiger charge is 2.29. The Bertz CT molecular complexity index is 962. The van der Waals surface area contributed by atoms with Gasteiger partial charge in [0.15, 0.2) is 11.0 Å². The second-order valence-corrected chi connectivity index (χ2v) is 8.60. The molecule has 0 saturated carbocycles. The highest BCUT2D eigenvalue weighted by atomic mass is 32.2. The van der Waals surface area contributed by atoms with Gasteiger partial charge in [0.25, 0.3) is 0 Å². The number of hydrogen-bond donors (Lipinski definition) is 0. The molecule has 1 aromatic heterocycles.